The predicted octanol–water partition coefficient (Wildman–Crippen LogP) is 3.81. The lowest BCUT2D eigenvalue weighted by Crippen LogP contribution is -2.37. The lowest BCUT2D eigenvalue weighted by Gasteiger charge is -2.23. The molecule has 0 aromatic heterocycles. The van der Waals surface area contributed by atoms with Gasteiger partial charge in [-0.25, -0.2) is 4.79 Å². The van der Waals surface area contributed by atoms with Gasteiger partial charge in [0.05, 0.1) is 5.56 Å². The number of nitrogens with one attached hydrogen (secondary N) is 1. The molecule has 4 nitrogen and oxygen atoms in total. The van der Waals surface area contributed by atoms with Crippen molar-refractivity contribution in [2.45, 2.75) is 12.5 Å². The maximum Gasteiger partial charge on any atom is 0.339 e. The van der Waals surface area contributed by atoms with Crippen LogP contribution < -0.4 is 5.32 Å². The number of cyclic esters (lactones) is 1. The third-order valence-corrected chi connectivity index (χ3v) is 4.44. The molecule has 0 saturated carbocycles. The van der Waals surface area contributed by atoms with Crippen molar-refractivity contribution in [1.29, 1.82) is 0 Å². The van der Waals surface area contributed by atoms with Gasteiger partial charge in [0.25, 0.3) is 5.91 Å². The summed E-state index contributed by atoms with van der Waals surface area (Å²) in [6.07, 6.45) is -0.484. The smallest absolute Gasteiger partial charge is 0.339 e. The van der Waals surface area contributed by atoms with Crippen LogP contribution in [0.1, 0.15) is 27.0 Å². The van der Waals surface area contributed by atoms with E-state index in [1.807, 2.05) is 54.6 Å². The van der Waals surface area contributed by atoms with Crippen LogP contribution in [0.4, 0.5) is 5.69 Å². The van der Waals surface area contributed by atoms with E-state index in [1.165, 1.54) is 0 Å². The van der Waals surface area contributed by atoms with Gasteiger partial charge in [0.2, 0.25) is 0 Å². The van der Waals surface area contributed by atoms with Gasteiger partial charge in [0, 0.05) is 23.2 Å². The minimum atomic E-state index is -0.846. The van der Waals surface area contributed by atoms with Crippen molar-refractivity contribution in [2.24, 2.45) is 0 Å². The monoisotopic (exact) mass is 367 g/mol. The topological polar surface area (TPSA) is 55.4 Å². The molecule has 0 bridgehead atoms. The summed E-state index contributed by atoms with van der Waals surface area (Å²) in [5.41, 5.74) is 3.66. The second-order valence-electron chi connectivity index (χ2n) is 6.44. The highest BCUT2D eigenvalue weighted by Gasteiger charge is 2.31. The molecule has 0 radical (unpaired) electrons. The quantitative estimate of drug-likeness (QED) is 0.554. The molecule has 1 N–H and O–H groups in total. The molecule has 4 rings (SSSR count). The Kier molecular flexibility index (Phi) is 4.90. The van der Waals surface area contributed by atoms with E-state index >= 15 is 0 Å². The van der Waals surface area contributed by atoms with Gasteiger partial charge < -0.3 is 10.1 Å². The molecular weight excluding hydrogens is 350 g/mol. The number of rotatable bonds is 2. The number of amides is 1. The molecular formula is C24H17NO3. The molecule has 0 fully saturated rings. The zero-order chi connectivity index (χ0) is 19.3. The van der Waals surface area contributed by atoms with Crippen molar-refractivity contribution in [1.82, 2.24) is 0 Å². The summed E-state index contributed by atoms with van der Waals surface area (Å²) < 4.78 is 5.30. The van der Waals surface area contributed by atoms with Crippen LogP contribution >= 0.6 is 0 Å². The van der Waals surface area contributed by atoms with E-state index in [9.17, 15) is 9.59 Å². The Bertz CT molecular complexity index is 1090. The molecule has 3 aromatic carbocycles. The molecule has 136 valence electrons. The van der Waals surface area contributed by atoms with E-state index in [4.69, 9.17) is 4.74 Å². The van der Waals surface area contributed by atoms with Crippen LogP contribution in [0.15, 0.2) is 78.9 Å². The minimum absolute atomic E-state index is 0.351. The summed E-state index contributed by atoms with van der Waals surface area (Å²) in [6, 6.07) is 24.2. The zero-order valence-electron chi connectivity index (χ0n) is 15.0. The third kappa shape index (κ3) is 3.94. The molecule has 0 spiro atoms. The van der Waals surface area contributed by atoms with Crippen molar-refractivity contribution in [2.75, 3.05) is 5.32 Å². The van der Waals surface area contributed by atoms with E-state index in [1.54, 1.807) is 24.3 Å². The second-order valence-corrected chi connectivity index (χ2v) is 6.44. The van der Waals surface area contributed by atoms with E-state index in [2.05, 4.69) is 17.2 Å². The van der Waals surface area contributed by atoms with E-state index in [0.29, 0.717) is 17.7 Å². The Morgan fingerprint density at radius 1 is 0.893 bits per heavy atom. The SMILES string of the molecule is O=C1OC(C(=O)Nc2cccc(C#Cc3ccccc3)c2)Cc2ccccc21. The van der Waals surface area contributed by atoms with Crippen molar-refractivity contribution >= 4 is 17.6 Å². The lowest BCUT2D eigenvalue weighted by molar-refractivity contribution is -0.125. The maximum atomic E-state index is 12.6. The highest BCUT2D eigenvalue weighted by molar-refractivity contribution is 6.00. The summed E-state index contributed by atoms with van der Waals surface area (Å²) in [5.74, 6) is 5.36. The van der Waals surface area contributed by atoms with Crippen LogP contribution in [-0.4, -0.2) is 18.0 Å². The van der Waals surface area contributed by atoms with Gasteiger partial charge >= 0.3 is 5.97 Å². The second kappa shape index (κ2) is 7.81. The Morgan fingerprint density at radius 3 is 2.46 bits per heavy atom. The van der Waals surface area contributed by atoms with Crippen molar-refractivity contribution in [3.8, 4) is 11.8 Å². The lowest BCUT2D eigenvalue weighted by atomic mass is 9.98. The van der Waals surface area contributed by atoms with Crippen molar-refractivity contribution in [3.05, 3.63) is 101 Å². The normalized spacial score (nSPS) is 14.9. The van der Waals surface area contributed by atoms with Gasteiger partial charge in [-0.3, -0.25) is 4.79 Å². The number of anilines is 1. The number of ether oxygens (including phenoxy) is 1. The Labute approximate surface area is 163 Å². The van der Waals surface area contributed by atoms with Crippen LogP contribution in [0.3, 0.4) is 0 Å². The summed E-state index contributed by atoms with van der Waals surface area (Å²) in [6.45, 7) is 0. The first-order valence-electron chi connectivity index (χ1n) is 8.96. The van der Waals surface area contributed by atoms with Crippen LogP contribution in [0.5, 0.6) is 0 Å². The highest BCUT2D eigenvalue weighted by Crippen LogP contribution is 2.21. The number of fused-ring (bicyclic) bond motifs is 1. The number of carbonyl (C=O) groups is 2. The maximum absolute atomic E-state index is 12.6. The number of hydrogen-bond acceptors (Lipinski definition) is 3. The number of hydrogen-bond donors (Lipinski definition) is 1. The third-order valence-electron chi connectivity index (χ3n) is 4.44. The van der Waals surface area contributed by atoms with E-state index < -0.39 is 12.1 Å². The highest BCUT2D eigenvalue weighted by atomic mass is 16.5. The van der Waals surface area contributed by atoms with Gasteiger partial charge in [-0.15, -0.1) is 0 Å². The summed E-state index contributed by atoms with van der Waals surface area (Å²) in [4.78, 5) is 24.7. The van der Waals surface area contributed by atoms with Crippen molar-refractivity contribution in [3.63, 3.8) is 0 Å². The summed E-state index contributed by atoms with van der Waals surface area (Å²) >= 11 is 0. The van der Waals surface area contributed by atoms with Gasteiger partial charge in [-0.2, -0.15) is 0 Å². The van der Waals surface area contributed by atoms with E-state index in [-0.39, 0.29) is 5.91 Å². The van der Waals surface area contributed by atoms with Crippen LogP contribution in [0.25, 0.3) is 0 Å². The van der Waals surface area contributed by atoms with E-state index in [0.717, 1.165) is 16.7 Å². The molecule has 1 heterocycles. The van der Waals surface area contributed by atoms with Crippen LogP contribution in [0, 0.1) is 11.8 Å². The largest absolute Gasteiger partial charge is 0.448 e. The fourth-order valence-corrected chi connectivity index (χ4v) is 3.04. The average molecular weight is 367 g/mol. The number of carbonyl (C=O) groups excluding carboxylic acids is 2. The van der Waals surface area contributed by atoms with Gasteiger partial charge in [0.1, 0.15) is 0 Å². The Hall–Kier alpha value is -3.84. The zero-order valence-corrected chi connectivity index (χ0v) is 15.0. The first-order chi connectivity index (χ1) is 13.7. The predicted molar refractivity (Wildman–Crippen MR) is 107 cm³/mol. The summed E-state index contributed by atoms with van der Waals surface area (Å²) in [7, 11) is 0. The average Bonchev–Trinajstić information content (AvgIpc) is 2.73. The minimum Gasteiger partial charge on any atom is -0.448 e. The van der Waals surface area contributed by atoms with Crippen LogP contribution in [-0.2, 0) is 16.0 Å². The van der Waals surface area contributed by atoms with Gasteiger partial charge in [0.15, 0.2) is 6.10 Å². The first-order valence-corrected chi connectivity index (χ1v) is 8.96. The Balaban J connectivity index is 1.47. The molecule has 1 atom stereocenters. The molecule has 3 aromatic rings. The summed E-state index contributed by atoms with van der Waals surface area (Å²) in [5, 5.41) is 2.82. The fraction of sp³-hybridized carbons (Fsp3) is 0.0833. The number of benzene rings is 3. The molecule has 1 amide bonds. The molecule has 1 aliphatic rings. The fourth-order valence-electron chi connectivity index (χ4n) is 3.04. The van der Waals surface area contributed by atoms with Gasteiger partial charge in [-0.05, 0) is 42.0 Å². The molecule has 1 aliphatic heterocycles. The molecule has 0 aliphatic carbocycles. The first kappa shape index (κ1) is 17.6. The molecule has 1 unspecified atom stereocenters. The van der Waals surface area contributed by atoms with Gasteiger partial charge in [-0.1, -0.05) is 54.3 Å². The number of esters is 1. The van der Waals surface area contributed by atoms with Crippen LogP contribution in [0.2, 0.25) is 0 Å². The molecule has 0 saturated heterocycles. The standard InChI is InChI=1S/C24H17NO3/c26-23(22-16-19-10-4-5-12-21(19)24(27)28-22)25-20-11-6-9-18(15-20)14-13-17-7-2-1-3-8-17/h1-12,15,22H,16H2,(H,25,26). The Morgan fingerprint density at radius 2 is 1.61 bits per heavy atom. The molecule has 4 heteroatoms. The molecule has 28 heavy (non-hydrogen) atoms. The van der Waals surface area contributed by atoms with Crippen molar-refractivity contribution < 1.29 is 14.3 Å².